The molecule has 1 aromatic carbocycles. The van der Waals surface area contributed by atoms with Gasteiger partial charge in [0.15, 0.2) is 0 Å². The second-order valence-electron chi connectivity index (χ2n) is 3.78. The van der Waals surface area contributed by atoms with Gasteiger partial charge in [-0.05, 0) is 31.4 Å². The molecule has 0 saturated carbocycles. The highest BCUT2D eigenvalue weighted by molar-refractivity contribution is 5.75. The summed E-state index contributed by atoms with van der Waals surface area (Å²) < 4.78 is 18.5. The lowest BCUT2D eigenvalue weighted by molar-refractivity contribution is -0.121. The molecule has 1 rings (SSSR count). The highest BCUT2D eigenvalue weighted by Gasteiger charge is 2.01. The number of halogens is 1. The maximum absolute atomic E-state index is 13.2. The van der Waals surface area contributed by atoms with E-state index in [9.17, 15) is 9.18 Å². The van der Waals surface area contributed by atoms with Gasteiger partial charge in [0.25, 0.3) is 0 Å². The van der Waals surface area contributed by atoms with E-state index in [0.29, 0.717) is 30.8 Å². The summed E-state index contributed by atoms with van der Waals surface area (Å²) in [4.78, 5) is 10.8. The fourth-order valence-corrected chi connectivity index (χ4v) is 1.31. The lowest BCUT2D eigenvalue weighted by Crippen LogP contribution is -2.29. The number of carbonyl (C=O) groups is 1. The second-order valence-corrected chi connectivity index (χ2v) is 3.78. The molecule has 0 heterocycles. The van der Waals surface area contributed by atoms with Crippen molar-refractivity contribution in [2.24, 2.45) is 5.84 Å². The summed E-state index contributed by atoms with van der Waals surface area (Å²) in [5, 5.41) is 0. The zero-order valence-corrected chi connectivity index (χ0v) is 9.83. The van der Waals surface area contributed by atoms with Crippen molar-refractivity contribution >= 4 is 5.91 Å². The summed E-state index contributed by atoms with van der Waals surface area (Å²) in [6.07, 6.45) is 1.79. The molecular weight excluding hydrogens is 223 g/mol. The molecule has 0 spiro atoms. The Kier molecular flexibility index (Phi) is 5.42. The number of hydrazine groups is 1. The smallest absolute Gasteiger partial charge is 0.233 e. The van der Waals surface area contributed by atoms with Crippen LogP contribution >= 0.6 is 0 Å². The van der Waals surface area contributed by atoms with Gasteiger partial charge >= 0.3 is 0 Å². The third-order valence-corrected chi connectivity index (χ3v) is 2.37. The predicted molar refractivity (Wildman–Crippen MR) is 62.8 cm³/mol. The minimum absolute atomic E-state index is 0.189. The van der Waals surface area contributed by atoms with E-state index in [1.165, 1.54) is 6.07 Å². The predicted octanol–water partition coefficient (Wildman–Crippen LogP) is 1.67. The number of unbranched alkanes of at least 4 members (excludes halogenated alkanes) is 1. The van der Waals surface area contributed by atoms with Crippen molar-refractivity contribution < 1.29 is 13.9 Å². The molecule has 1 aromatic rings. The summed E-state index contributed by atoms with van der Waals surface area (Å²) in [6.45, 7) is 2.16. The number of benzene rings is 1. The number of nitrogens with two attached hydrogens (primary N) is 1. The van der Waals surface area contributed by atoms with Crippen LogP contribution in [0, 0.1) is 12.7 Å². The zero-order valence-electron chi connectivity index (χ0n) is 9.83. The topological polar surface area (TPSA) is 64.3 Å². The van der Waals surface area contributed by atoms with Gasteiger partial charge in [-0.25, -0.2) is 10.2 Å². The van der Waals surface area contributed by atoms with E-state index >= 15 is 0 Å². The van der Waals surface area contributed by atoms with Crippen LogP contribution in [0.3, 0.4) is 0 Å². The molecule has 3 N–H and O–H groups in total. The first-order valence-electron chi connectivity index (χ1n) is 5.52. The molecule has 5 heteroatoms. The fourth-order valence-electron chi connectivity index (χ4n) is 1.31. The average molecular weight is 240 g/mol. The van der Waals surface area contributed by atoms with Crippen molar-refractivity contribution in [1.82, 2.24) is 5.43 Å². The number of carbonyl (C=O) groups excluding carboxylic acids is 1. The summed E-state index contributed by atoms with van der Waals surface area (Å²) >= 11 is 0. The van der Waals surface area contributed by atoms with E-state index in [1.54, 1.807) is 19.1 Å². The first-order valence-corrected chi connectivity index (χ1v) is 5.52. The Morgan fingerprint density at radius 2 is 2.24 bits per heavy atom. The van der Waals surface area contributed by atoms with E-state index in [1.807, 2.05) is 0 Å². The molecule has 0 aliphatic carbocycles. The van der Waals surface area contributed by atoms with Crippen molar-refractivity contribution in [3.63, 3.8) is 0 Å². The summed E-state index contributed by atoms with van der Waals surface area (Å²) in [7, 11) is 0. The number of nitrogens with one attached hydrogen (secondary N) is 1. The second kappa shape index (κ2) is 6.85. The molecule has 4 nitrogen and oxygen atoms in total. The summed E-state index contributed by atoms with van der Waals surface area (Å²) in [5.74, 6) is 4.99. The van der Waals surface area contributed by atoms with E-state index < -0.39 is 0 Å². The van der Waals surface area contributed by atoms with Crippen molar-refractivity contribution in [1.29, 1.82) is 0 Å². The van der Waals surface area contributed by atoms with E-state index in [4.69, 9.17) is 10.6 Å². The lowest BCUT2D eigenvalue weighted by Gasteiger charge is -2.06. The zero-order chi connectivity index (χ0) is 12.7. The maximum Gasteiger partial charge on any atom is 0.233 e. The van der Waals surface area contributed by atoms with Crippen molar-refractivity contribution in [3.05, 3.63) is 29.6 Å². The average Bonchev–Trinajstić information content (AvgIpc) is 2.33. The highest BCUT2D eigenvalue weighted by atomic mass is 19.1. The minimum Gasteiger partial charge on any atom is -0.493 e. The third-order valence-electron chi connectivity index (χ3n) is 2.37. The van der Waals surface area contributed by atoms with Crippen LogP contribution in [-0.2, 0) is 4.79 Å². The minimum atomic E-state index is -0.273. The molecule has 0 unspecified atom stereocenters. The molecule has 0 aliphatic heterocycles. The summed E-state index contributed by atoms with van der Waals surface area (Å²) in [5.41, 5.74) is 2.65. The van der Waals surface area contributed by atoms with Gasteiger partial charge in [-0.2, -0.15) is 0 Å². The van der Waals surface area contributed by atoms with E-state index in [-0.39, 0.29) is 11.7 Å². The van der Waals surface area contributed by atoms with Crippen LogP contribution in [0.25, 0.3) is 0 Å². The molecule has 0 fully saturated rings. The maximum atomic E-state index is 13.2. The van der Waals surface area contributed by atoms with E-state index in [0.717, 1.165) is 6.42 Å². The van der Waals surface area contributed by atoms with Gasteiger partial charge in [0.05, 0.1) is 6.61 Å². The van der Waals surface area contributed by atoms with Gasteiger partial charge in [0, 0.05) is 12.5 Å². The van der Waals surface area contributed by atoms with Gasteiger partial charge in [-0.1, -0.05) is 6.07 Å². The van der Waals surface area contributed by atoms with Gasteiger partial charge in [-0.15, -0.1) is 0 Å². The molecule has 0 radical (unpaired) electrons. The molecule has 0 saturated heterocycles. The lowest BCUT2D eigenvalue weighted by atomic mass is 10.2. The Bertz CT molecular complexity index is 383. The number of amides is 1. The molecule has 1 amide bonds. The molecule has 0 bridgehead atoms. The van der Waals surface area contributed by atoms with Crippen LogP contribution in [0.4, 0.5) is 4.39 Å². The molecular formula is C12H17FN2O2. The summed E-state index contributed by atoms with van der Waals surface area (Å²) in [6, 6.07) is 4.76. The van der Waals surface area contributed by atoms with Gasteiger partial charge in [-0.3, -0.25) is 10.2 Å². The Morgan fingerprint density at radius 3 is 2.88 bits per heavy atom. The SMILES string of the molecule is Cc1ccc(OCCCCC(=O)NN)cc1F. The standard InChI is InChI=1S/C12H17FN2O2/c1-9-5-6-10(8-11(9)13)17-7-3-2-4-12(16)15-14/h5-6,8H,2-4,7,14H2,1H3,(H,15,16). The first-order chi connectivity index (χ1) is 8.13. The molecule has 0 atom stereocenters. The van der Waals surface area contributed by atoms with Gasteiger partial charge < -0.3 is 4.74 Å². The first kappa shape index (κ1) is 13.4. The van der Waals surface area contributed by atoms with E-state index in [2.05, 4.69) is 5.43 Å². The quantitative estimate of drug-likeness (QED) is 0.344. The van der Waals surface area contributed by atoms with Crippen LogP contribution < -0.4 is 16.0 Å². The Labute approximate surface area is 99.9 Å². The van der Waals surface area contributed by atoms with Crippen LogP contribution in [0.15, 0.2) is 18.2 Å². The van der Waals surface area contributed by atoms with Crippen molar-refractivity contribution in [3.8, 4) is 5.75 Å². The molecule has 17 heavy (non-hydrogen) atoms. The Balaban J connectivity index is 2.22. The fraction of sp³-hybridized carbons (Fsp3) is 0.417. The largest absolute Gasteiger partial charge is 0.493 e. The molecule has 0 aromatic heterocycles. The number of hydrogen-bond donors (Lipinski definition) is 2. The van der Waals surface area contributed by atoms with Crippen LogP contribution in [0.5, 0.6) is 5.75 Å². The van der Waals surface area contributed by atoms with Crippen LogP contribution in [0.1, 0.15) is 24.8 Å². The van der Waals surface area contributed by atoms with Gasteiger partial charge in [0.2, 0.25) is 5.91 Å². The number of ether oxygens (including phenoxy) is 1. The third kappa shape index (κ3) is 4.82. The molecule has 0 aliphatic rings. The molecule has 94 valence electrons. The normalized spacial score (nSPS) is 10.1. The van der Waals surface area contributed by atoms with Crippen molar-refractivity contribution in [2.75, 3.05) is 6.61 Å². The number of aryl methyl sites for hydroxylation is 1. The van der Waals surface area contributed by atoms with Crippen molar-refractivity contribution in [2.45, 2.75) is 26.2 Å². The van der Waals surface area contributed by atoms with Crippen LogP contribution in [0.2, 0.25) is 0 Å². The van der Waals surface area contributed by atoms with Crippen LogP contribution in [-0.4, -0.2) is 12.5 Å². The Morgan fingerprint density at radius 1 is 1.47 bits per heavy atom. The number of rotatable bonds is 6. The Hall–Kier alpha value is -1.62. The highest BCUT2D eigenvalue weighted by Crippen LogP contribution is 2.16. The monoisotopic (exact) mass is 240 g/mol. The number of hydrogen-bond acceptors (Lipinski definition) is 3. The van der Waals surface area contributed by atoms with Gasteiger partial charge in [0.1, 0.15) is 11.6 Å².